The van der Waals surface area contributed by atoms with Crippen molar-refractivity contribution in [2.24, 2.45) is 0 Å². The number of hydrogen-bond acceptors (Lipinski definition) is 2. The molecule has 250 valence electrons. The van der Waals surface area contributed by atoms with E-state index in [2.05, 4.69) is 183 Å². The van der Waals surface area contributed by atoms with E-state index < -0.39 is 0 Å². The van der Waals surface area contributed by atoms with Crippen LogP contribution < -0.4 is 4.90 Å². The molecule has 0 bridgehead atoms. The molecular formula is C51H35NO. The molecule has 10 aromatic rings. The van der Waals surface area contributed by atoms with Crippen molar-refractivity contribution < 1.29 is 4.42 Å². The molecule has 0 N–H and O–H groups in total. The van der Waals surface area contributed by atoms with E-state index in [9.17, 15) is 0 Å². The first-order valence-corrected chi connectivity index (χ1v) is 18.4. The molecule has 2 heteroatoms. The molecule has 0 amide bonds. The van der Waals surface area contributed by atoms with Gasteiger partial charge in [0.05, 0.1) is 0 Å². The monoisotopic (exact) mass is 677 g/mol. The fourth-order valence-corrected chi connectivity index (χ4v) is 8.93. The molecule has 0 saturated carbocycles. The predicted molar refractivity (Wildman–Crippen MR) is 224 cm³/mol. The highest BCUT2D eigenvalue weighted by Gasteiger charge is 2.35. The Balaban J connectivity index is 1.05. The van der Waals surface area contributed by atoms with Crippen LogP contribution in [0.2, 0.25) is 0 Å². The summed E-state index contributed by atoms with van der Waals surface area (Å²) in [6.45, 7) is 4.69. The van der Waals surface area contributed by atoms with Crippen molar-refractivity contribution >= 4 is 71.3 Å². The van der Waals surface area contributed by atoms with Gasteiger partial charge in [-0.15, -0.1) is 0 Å². The van der Waals surface area contributed by atoms with Crippen molar-refractivity contribution in [2.45, 2.75) is 19.3 Å². The SMILES string of the molecule is CC1(C)c2ccccc2-c2ccc(N(c3ccc(-c4ccc5ccc6c7ccccc7ccc6c5c4)cc3)c3ccc4c(c3)oc3ccccc34)cc21. The molecule has 9 aromatic carbocycles. The topological polar surface area (TPSA) is 16.4 Å². The van der Waals surface area contributed by atoms with Crippen molar-refractivity contribution in [1.82, 2.24) is 0 Å². The Hall–Kier alpha value is -6.64. The van der Waals surface area contributed by atoms with Crippen molar-refractivity contribution in [3.05, 3.63) is 187 Å². The molecule has 1 aromatic heterocycles. The number of hydrogen-bond donors (Lipinski definition) is 0. The van der Waals surface area contributed by atoms with E-state index in [0.717, 1.165) is 39.0 Å². The first-order chi connectivity index (χ1) is 26.0. The third-order valence-corrected chi connectivity index (χ3v) is 11.6. The van der Waals surface area contributed by atoms with Gasteiger partial charge in [-0.2, -0.15) is 0 Å². The maximum atomic E-state index is 6.40. The number of anilines is 3. The van der Waals surface area contributed by atoms with Gasteiger partial charge < -0.3 is 9.32 Å². The maximum absolute atomic E-state index is 6.40. The Bertz CT molecular complexity index is 3090. The normalized spacial score (nSPS) is 13.2. The lowest BCUT2D eigenvalue weighted by molar-refractivity contribution is 0.660. The van der Waals surface area contributed by atoms with Crippen molar-refractivity contribution in [2.75, 3.05) is 4.90 Å². The Kier molecular flexibility index (Phi) is 6.33. The average molecular weight is 678 g/mol. The molecule has 0 atom stereocenters. The largest absolute Gasteiger partial charge is 0.456 e. The quantitative estimate of drug-likeness (QED) is 0.172. The molecule has 2 nitrogen and oxygen atoms in total. The first-order valence-electron chi connectivity index (χ1n) is 18.4. The maximum Gasteiger partial charge on any atom is 0.137 e. The minimum Gasteiger partial charge on any atom is -0.456 e. The van der Waals surface area contributed by atoms with Gasteiger partial charge in [0, 0.05) is 39.3 Å². The van der Waals surface area contributed by atoms with Crippen LogP contribution in [0.1, 0.15) is 25.0 Å². The average Bonchev–Trinajstić information content (AvgIpc) is 3.69. The van der Waals surface area contributed by atoms with E-state index in [1.165, 1.54) is 65.7 Å². The molecule has 0 fully saturated rings. The van der Waals surface area contributed by atoms with Crippen LogP contribution in [0.25, 0.3) is 76.5 Å². The zero-order chi connectivity index (χ0) is 35.3. The molecule has 53 heavy (non-hydrogen) atoms. The van der Waals surface area contributed by atoms with Crippen molar-refractivity contribution in [1.29, 1.82) is 0 Å². The van der Waals surface area contributed by atoms with Gasteiger partial charge in [-0.05, 0) is 114 Å². The second-order valence-corrected chi connectivity index (χ2v) is 14.9. The summed E-state index contributed by atoms with van der Waals surface area (Å²) in [5.41, 5.74) is 12.7. The van der Waals surface area contributed by atoms with Gasteiger partial charge in [-0.3, -0.25) is 0 Å². The Labute approximate surface area is 308 Å². The number of para-hydroxylation sites is 1. The third kappa shape index (κ3) is 4.52. The van der Waals surface area contributed by atoms with Crippen LogP contribution in [0, 0.1) is 0 Å². The van der Waals surface area contributed by atoms with E-state index in [1.54, 1.807) is 0 Å². The van der Waals surface area contributed by atoms with E-state index in [4.69, 9.17) is 4.42 Å². The van der Waals surface area contributed by atoms with Crippen LogP contribution in [0.5, 0.6) is 0 Å². The number of benzene rings is 9. The lowest BCUT2D eigenvalue weighted by Crippen LogP contribution is -2.16. The van der Waals surface area contributed by atoms with E-state index >= 15 is 0 Å². The van der Waals surface area contributed by atoms with Gasteiger partial charge in [0.25, 0.3) is 0 Å². The van der Waals surface area contributed by atoms with E-state index in [-0.39, 0.29) is 5.41 Å². The molecule has 1 aliphatic rings. The van der Waals surface area contributed by atoms with Crippen LogP contribution >= 0.6 is 0 Å². The summed E-state index contributed by atoms with van der Waals surface area (Å²) in [4.78, 5) is 2.37. The molecule has 1 heterocycles. The summed E-state index contributed by atoms with van der Waals surface area (Å²) >= 11 is 0. The first kappa shape index (κ1) is 30.0. The fourth-order valence-electron chi connectivity index (χ4n) is 8.93. The minimum absolute atomic E-state index is 0.104. The molecule has 0 radical (unpaired) electrons. The number of rotatable bonds is 4. The predicted octanol–water partition coefficient (Wildman–Crippen LogP) is 14.5. The Morgan fingerprint density at radius 2 is 0.962 bits per heavy atom. The Morgan fingerprint density at radius 3 is 1.83 bits per heavy atom. The molecule has 1 aliphatic carbocycles. The molecule has 11 rings (SSSR count). The smallest absolute Gasteiger partial charge is 0.137 e. The zero-order valence-electron chi connectivity index (χ0n) is 29.6. The molecular weight excluding hydrogens is 643 g/mol. The van der Waals surface area contributed by atoms with Gasteiger partial charge in [0.15, 0.2) is 0 Å². The summed E-state index contributed by atoms with van der Waals surface area (Å²) in [5.74, 6) is 0. The lowest BCUT2D eigenvalue weighted by Gasteiger charge is -2.28. The summed E-state index contributed by atoms with van der Waals surface area (Å²) in [6, 6.07) is 64.3. The van der Waals surface area contributed by atoms with E-state index in [1.807, 2.05) is 12.1 Å². The molecule has 0 aliphatic heterocycles. The lowest BCUT2D eigenvalue weighted by atomic mass is 9.82. The second-order valence-electron chi connectivity index (χ2n) is 14.9. The van der Waals surface area contributed by atoms with Crippen LogP contribution in [-0.2, 0) is 5.41 Å². The van der Waals surface area contributed by atoms with Gasteiger partial charge in [0.1, 0.15) is 11.2 Å². The summed E-state index contributed by atoms with van der Waals surface area (Å²) in [7, 11) is 0. The van der Waals surface area contributed by atoms with Gasteiger partial charge in [-0.25, -0.2) is 0 Å². The second kappa shape index (κ2) is 11.2. The zero-order valence-corrected chi connectivity index (χ0v) is 29.6. The van der Waals surface area contributed by atoms with Gasteiger partial charge in [-0.1, -0.05) is 135 Å². The van der Waals surface area contributed by atoms with Crippen LogP contribution in [0.3, 0.4) is 0 Å². The Morgan fingerprint density at radius 1 is 0.377 bits per heavy atom. The minimum atomic E-state index is -0.104. The van der Waals surface area contributed by atoms with Crippen LogP contribution in [0.15, 0.2) is 180 Å². The molecule has 0 spiro atoms. The summed E-state index contributed by atoms with van der Waals surface area (Å²) in [5, 5.41) is 9.93. The highest BCUT2D eigenvalue weighted by molar-refractivity contribution is 6.17. The highest BCUT2D eigenvalue weighted by atomic mass is 16.3. The summed E-state index contributed by atoms with van der Waals surface area (Å²) in [6.07, 6.45) is 0. The van der Waals surface area contributed by atoms with Crippen molar-refractivity contribution in [3.8, 4) is 22.3 Å². The van der Waals surface area contributed by atoms with Crippen LogP contribution in [0.4, 0.5) is 17.1 Å². The standard InChI is InChI=1S/C51H35NO/c1-51(2)47-13-7-5-11-42(47)43-27-23-37(30-48(43)51)52(38-24-28-45-44-12-6-8-14-49(44)53-50(45)31-38)36-21-17-32(18-22-36)35-16-15-34-20-25-40-39-10-4-3-9-33(39)19-26-41(40)46(34)29-35/h3-31H,1-2H3. The molecule has 0 unspecified atom stereocenters. The third-order valence-electron chi connectivity index (χ3n) is 11.6. The number of nitrogens with zero attached hydrogens (tertiary/aromatic N) is 1. The highest BCUT2D eigenvalue weighted by Crippen LogP contribution is 2.51. The number of fused-ring (bicyclic) bond motifs is 11. The number of furan rings is 1. The van der Waals surface area contributed by atoms with Crippen LogP contribution in [-0.4, -0.2) is 0 Å². The van der Waals surface area contributed by atoms with E-state index in [0.29, 0.717) is 0 Å². The van der Waals surface area contributed by atoms with Gasteiger partial charge in [0.2, 0.25) is 0 Å². The summed E-state index contributed by atoms with van der Waals surface area (Å²) < 4.78 is 6.40. The fraction of sp³-hybridized carbons (Fsp3) is 0.0588. The van der Waals surface area contributed by atoms with Gasteiger partial charge >= 0.3 is 0 Å². The van der Waals surface area contributed by atoms with Crippen molar-refractivity contribution in [3.63, 3.8) is 0 Å². The molecule has 0 saturated heterocycles.